The number of aliphatic hydroxyl groups is 9. The van der Waals surface area contributed by atoms with Gasteiger partial charge >= 0.3 is 92.3 Å². The number of nitrogens with zero attached hydrogens (tertiary/aromatic N) is 2. The Kier molecular flexibility index (Phi) is 37.7. The minimum absolute atomic E-state index is 0. The largest absolute Gasteiger partial charge is 0.507 e. The van der Waals surface area contributed by atoms with Crippen LogP contribution < -0.4 is 13.3 Å². The summed E-state index contributed by atoms with van der Waals surface area (Å²) in [6, 6.07) is 3.09. The number of carboxylic acid groups (broad SMARTS) is 2. The third-order valence-electron chi connectivity index (χ3n) is 14.8. The number of phenols is 6. The maximum Gasteiger partial charge on any atom is 0.339 e. The van der Waals surface area contributed by atoms with E-state index in [0.717, 1.165) is 18.2 Å². The summed E-state index contributed by atoms with van der Waals surface area (Å²) in [4.78, 5) is 81.9. The molecule has 42 heteroatoms. The molecule has 34 nitrogen and oxygen atoms in total. The van der Waals surface area contributed by atoms with Crippen LogP contribution in [0.15, 0.2) is 18.2 Å². The molecule has 3 saturated heterocycles. The minimum Gasteiger partial charge on any atom is -0.507 e. The second kappa shape index (κ2) is 41.6. The number of thioether (sulfide) groups is 2. The monoisotopic (exact) mass is 2080 g/mol. The fourth-order valence-electron chi connectivity index (χ4n) is 10.1. The number of ether oxygens (including phenoxy) is 8. The summed E-state index contributed by atoms with van der Waals surface area (Å²) >= 11 is 12.1. The van der Waals surface area contributed by atoms with E-state index >= 15 is 0 Å². The Morgan fingerprint density at radius 3 is 1.11 bits per heavy atom. The van der Waals surface area contributed by atoms with Gasteiger partial charge in [-0.25, -0.2) is 14.4 Å². The quantitative estimate of drug-likeness (QED) is 0.0229. The molecule has 96 heavy (non-hydrogen) atoms. The van der Waals surface area contributed by atoms with Crippen LogP contribution >= 0.6 is 122 Å². The van der Waals surface area contributed by atoms with E-state index in [9.17, 15) is 110 Å². The van der Waals surface area contributed by atoms with Gasteiger partial charge < -0.3 is 125 Å². The van der Waals surface area contributed by atoms with Gasteiger partial charge in [-0.2, -0.15) is 23.5 Å². The molecule has 0 saturated carbocycles. The number of hydrogen-bond donors (Lipinski definition) is 17. The predicted octanol–water partition coefficient (Wildman–Crippen LogP) is -0.842. The Morgan fingerprint density at radius 1 is 0.510 bits per heavy atom. The molecule has 3 aromatic rings. The molecule has 15 unspecified atom stereocenters. The number of aliphatic carboxylic acids is 2. The molecule has 9 rings (SSSR count). The van der Waals surface area contributed by atoms with E-state index < -0.39 is 195 Å². The number of halogens is 6. The average Bonchev–Trinajstić information content (AvgIpc) is 0.757. The van der Waals surface area contributed by atoms with Crippen molar-refractivity contribution in [3.63, 3.8) is 0 Å². The van der Waals surface area contributed by atoms with Gasteiger partial charge in [0, 0.05) is 93.3 Å². The molecule has 0 bridgehead atoms. The molecule has 0 aliphatic carbocycles. The van der Waals surface area contributed by atoms with Crippen LogP contribution in [-0.4, -0.2) is 245 Å². The number of hydrogen-bond acceptors (Lipinski definition) is 34. The Hall–Kier alpha value is -3.23. The zero-order valence-corrected chi connectivity index (χ0v) is 64.1. The number of carbonyl (C=O) groups excluding carboxylic acids is 5. The topological polar surface area (TPSA) is 585 Å². The standard InChI is InChI=1S/C34H38O19S.C14H16O9.C6H10O4S.I3.I2.HI.N2/c1-11-15(36)6-12-21(23(11)40)29-31(52-33(12)46)27(44)25(42)17(50-29)9-48-19(38)2-4-54-5-3-20(39)49-10-18-26(43)28(45)32-30(51-18)22-13(34(47)53-32)7-16(37)14(8-35)24(22)41;15-2-5-6(17)1-4-8(9(5)18)12-13(23-14(4)21)11(20)10(19)7(3-16)22-12;7-5(8)1-3-11-4-2-6(9)10;1-3-2;1-2;;1-2/h6-7,17-18,25-32,35-37,40-45H,2-5,8-10H2,1H3;1,7,10-13,15-20H,2-3H2;1-4H2,(H,7,8)(H,9,10);;;1H;/q;;;-1;;;. The SMILES string of the molecule is Cc1c(O)cc2c(c1O)C1OC(COC(=O)CCSCCC(=O)OCC3OC4c5c(cc(O)c(CO)c5O)C(=O)OC4C(O)C3O)C(O)C(O)C1OC2=O.I.II.I[I-]I.N#N.O=C(O)CCSCCC(=O)O.O=C1OC2C(OC(CO)C(O)C2O)c2c1cc(O)c(CO)c2O. The molecule has 15 atom stereocenters. The van der Waals surface area contributed by atoms with E-state index in [1.165, 1.54) is 30.4 Å². The van der Waals surface area contributed by atoms with Crippen LogP contribution in [0.2, 0.25) is 0 Å². The second-order valence-electron chi connectivity index (χ2n) is 20.5. The average molecular weight is 2080 g/mol. The number of fused-ring (bicyclic) bond motifs is 9. The van der Waals surface area contributed by atoms with Crippen LogP contribution in [0.4, 0.5) is 0 Å². The van der Waals surface area contributed by atoms with Crippen molar-refractivity contribution < 1.29 is 172 Å². The number of rotatable bonds is 19. The molecule has 6 aliphatic rings. The van der Waals surface area contributed by atoms with Crippen molar-refractivity contribution in [1.82, 2.24) is 0 Å². The third kappa shape index (κ3) is 21.4. The maximum absolute atomic E-state index is 12.5. The third-order valence-corrected chi connectivity index (χ3v) is 16.8. The minimum atomic E-state index is -1.71. The van der Waals surface area contributed by atoms with Crippen LogP contribution in [0.3, 0.4) is 0 Å². The Morgan fingerprint density at radius 2 is 0.802 bits per heavy atom. The number of carbonyl (C=O) groups is 7. The van der Waals surface area contributed by atoms with E-state index in [0.29, 0.717) is 24.8 Å². The number of carboxylic acids is 2. The van der Waals surface area contributed by atoms with Gasteiger partial charge in [0.25, 0.3) is 0 Å². The molecule has 0 aromatic heterocycles. The first-order valence-electron chi connectivity index (χ1n) is 27.4. The Bertz CT molecular complexity index is 3200. The molecule has 0 spiro atoms. The van der Waals surface area contributed by atoms with Crippen molar-refractivity contribution in [3.8, 4) is 34.5 Å². The van der Waals surface area contributed by atoms with Crippen LogP contribution in [0.1, 0.15) is 108 Å². The first kappa shape index (κ1) is 87.0. The smallest absolute Gasteiger partial charge is 0.339 e. The molecule has 0 radical (unpaired) electrons. The number of phenolic OH excluding ortho intramolecular Hbond substituents is 2. The van der Waals surface area contributed by atoms with Gasteiger partial charge in [-0.3, -0.25) is 19.2 Å². The summed E-state index contributed by atoms with van der Waals surface area (Å²) in [5, 5.41) is 180. The summed E-state index contributed by atoms with van der Waals surface area (Å²) in [7, 11) is 0. The number of aromatic hydroxyl groups is 6. The van der Waals surface area contributed by atoms with Crippen LogP contribution in [0.5, 0.6) is 34.5 Å². The van der Waals surface area contributed by atoms with E-state index in [4.69, 9.17) is 58.9 Å². The number of benzene rings is 3. The van der Waals surface area contributed by atoms with Crippen molar-refractivity contribution >= 4 is 164 Å². The molecule has 0 amide bonds. The molecule has 538 valence electrons. The fraction of sp³-hybridized carbons (Fsp3) is 0.537. The van der Waals surface area contributed by atoms with E-state index in [2.05, 4.69) is 74.5 Å². The van der Waals surface area contributed by atoms with Gasteiger partial charge in [0.2, 0.25) is 0 Å². The van der Waals surface area contributed by atoms with Gasteiger partial charge in [0.05, 0.1) is 73.3 Å². The zero-order chi connectivity index (χ0) is 71.5. The van der Waals surface area contributed by atoms with Gasteiger partial charge in [0.1, 0.15) is 121 Å². The van der Waals surface area contributed by atoms with E-state index in [-0.39, 0.29) is 117 Å². The summed E-state index contributed by atoms with van der Waals surface area (Å²) in [6.07, 6.45) is -21.4. The number of esters is 5. The van der Waals surface area contributed by atoms with Crippen LogP contribution in [0, 0.1) is 17.7 Å². The fourth-order valence-corrected chi connectivity index (χ4v) is 11.8. The molecular formula is C54H65I6N2O32S2-. The van der Waals surface area contributed by atoms with Crippen molar-refractivity contribution in [2.24, 2.45) is 0 Å². The van der Waals surface area contributed by atoms with Crippen LogP contribution in [-0.2, 0) is 70.3 Å². The van der Waals surface area contributed by atoms with E-state index in [1.807, 2.05) is 0 Å². The van der Waals surface area contributed by atoms with Gasteiger partial charge in [-0.1, -0.05) is 0 Å². The first-order chi connectivity index (χ1) is 45.1. The zero-order valence-electron chi connectivity index (χ0n) is 49.3. The molecule has 3 aromatic carbocycles. The molecule has 6 heterocycles. The Balaban J connectivity index is 0.000000467. The van der Waals surface area contributed by atoms with Gasteiger partial charge in [-0.15, -0.1) is 24.0 Å². The van der Waals surface area contributed by atoms with Crippen LogP contribution in [0.25, 0.3) is 0 Å². The number of aliphatic hydroxyl groups excluding tert-OH is 9. The van der Waals surface area contributed by atoms with Gasteiger partial charge in [0.15, 0.2) is 18.3 Å². The normalized spacial score (nSPS) is 26.0. The maximum atomic E-state index is 12.5. The van der Waals surface area contributed by atoms with Crippen molar-refractivity contribution in [3.05, 3.63) is 68.3 Å². The molecule has 17 N–H and O–H groups in total. The van der Waals surface area contributed by atoms with Gasteiger partial charge in [-0.05, 0) is 25.1 Å². The Labute approximate surface area is 622 Å². The molecule has 6 aliphatic heterocycles. The molecular weight excluding hydrogens is 2010 g/mol. The van der Waals surface area contributed by atoms with Crippen molar-refractivity contribution in [2.45, 2.75) is 137 Å². The predicted molar refractivity (Wildman–Crippen MR) is 365 cm³/mol. The summed E-state index contributed by atoms with van der Waals surface area (Å²) < 4.78 is 43.0. The van der Waals surface area contributed by atoms with Crippen molar-refractivity contribution in [1.29, 1.82) is 10.8 Å². The summed E-state index contributed by atoms with van der Waals surface area (Å²) in [5.41, 5.74) is -1.38. The first-order valence-corrected chi connectivity index (χ1v) is 48.6. The van der Waals surface area contributed by atoms with Crippen molar-refractivity contribution in [2.75, 3.05) is 42.8 Å². The summed E-state index contributed by atoms with van der Waals surface area (Å²) in [5.74, 6) is -7.67. The van der Waals surface area contributed by atoms with E-state index in [1.54, 1.807) is 0 Å². The second-order valence-corrected chi connectivity index (χ2v) is 39.2. The molecule has 3 fully saturated rings. The summed E-state index contributed by atoms with van der Waals surface area (Å²) in [6.45, 7) is -1.70.